The van der Waals surface area contributed by atoms with Crippen molar-refractivity contribution in [3.8, 4) is 0 Å². The largest absolute Gasteiger partial charge is 0.352 e. The maximum Gasteiger partial charge on any atom is 0.243 e. The average Bonchev–Trinajstić information content (AvgIpc) is 2.63. The Morgan fingerprint density at radius 3 is 2.68 bits per heavy atom. The molecule has 1 N–H and O–H groups in total. The van der Waals surface area contributed by atoms with Crippen molar-refractivity contribution >= 4 is 27.5 Å². The Morgan fingerprint density at radius 2 is 2.00 bits per heavy atom. The highest BCUT2D eigenvalue weighted by atomic mass is 32.2. The zero-order valence-electron chi connectivity index (χ0n) is 16.8. The quantitative estimate of drug-likeness (QED) is 0.809. The summed E-state index contributed by atoms with van der Waals surface area (Å²) in [5, 5.41) is 2.79. The molecule has 7 nitrogen and oxygen atoms in total. The van der Waals surface area contributed by atoms with Gasteiger partial charge >= 0.3 is 0 Å². The van der Waals surface area contributed by atoms with E-state index < -0.39 is 10.0 Å². The molecule has 2 heterocycles. The Morgan fingerprint density at radius 1 is 1.25 bits per heavy atom. The highest BCUT2D eigenvalue weighted by Gasteiger charge is 2.33. The molecule has 0 unspecified atom stereocenters. The maximum atomic E-state index is 13.1. The number of hydrogen-bond donors (Lipinski definition) is 1. The van der Waals surface area contributed by atoms with E-state index in [2.05, 4.69) is 5.32 Å². The number of amides is 2. The molecular weight excluding hydrogens is 378 g/mol. The number of benzene rings is 1. The predicted octanol–water partition coefficient (Wildman–Crippen LogP) is 2.05. The predicted molar refractivity (Wildman–Crippen MR) is 108 cm³/mol. The van der Waals surface area contributed by atoms with Crippen molar-refractivity contribution in [3.63, 3.8) is 0 Å². The van der Waals surface area contributed by atoms with E-state index in [0.717, 1.165) is 24.8 Å². The Labute approximate surface area is 167 Å². The lowest BCUT2D eigenvalue weighted by Gasteiger charge is -2.33. The summed E-state index contributed by atoms with van der Waals surface area (Å²) >= 11 is 0. The van der Waals surface area contributed by atoms with E-state index in [1.165, 1.54) is 4.90 Å². The molecule has 0 spiro atoms. The van der Waals surface area contributed by atoms with E-state index in [0.29, 0.717) is 18.7 Å². The molecule has 0 aromatic heterocycles. The molecule has 28 heavy (non-hydrogen) atoms. The van der Waals surface area contributed by atoms with Gasteiger partial charge in [0.15, 0.2) is 0 Å². The fourth-order valence-electron chi connectivity index (χ4n) is 3.95. The lowest BCUT2D eigenvalue weighted by molar-refractivity contribution is -0.124. The van der Waals surface area contributed by atoms with Gasteiger partial charge in [-0.1, -0.05) is 6.42 Å². The molecule has 2 aliphatic heterocycles. The fraction of sp³-hybridized carbons (Fsp3) is 0.600. The first-order valence-electron chi connectivity index (χ1n) is 9.94. The van der Waals surface area contributed by atoms with Gasteiger partial charge in [-0.3, -0.25) is 9.59 Å². The van der Waals surface area contributed by atoms with E-state index in [1.807, 2.05) is 20.8 Å². The first kappa shape index (κ1) is 20.8. The zero-order valence-corrected chi connectivity index (χ0v) is 17.6. The average molecular weight is 408 g/mol. The van der Waals surface area contributed by atoms with E-state index in [4.69, 9.17) is 0 Å². The lowest BCUT2D eigenvalue weighted by Crippen LogP contribution is -2.45. The summed E-state index contributed by atoms with van der Waals surface area (Å²) in [5.74, 6) is -0.346. The van der Waals surface area contributed by atoms with Gasteiger partial charge in [-0.15, -0.1) is 0 Å². The first-order chi connectivity index (χ1) is 13.2. The fourth-order valence-corrected chi connectivity index (χ4v) is 5.70. The number of hydrogen-bond acceptors (Lipinski definition) is 4. The minimum absolute atomic E-state index is 0.00686. The van der Waals surface area contributed by atoms with Gasteiger partial charge in [-0.25, -0.2) is 8.42 Å². The highest BCUT2D eigenvalue weighted by Crippen LogP contribution is 2.32. The molecule has 3 rings (SSSR count). The van der Waals surface area contributed by atoms with Crippen LogP contribution in [0.2, 0.25) is 0 Å². The maximum absolute atomic E-state index is 13.1. The summed E-state index contributed by atoms with van der Waals surface area (Å²) in [7, 11) is -3.56. The van der Waals surface area contributed by atoms with E-state index >= 15 is 0 Å². The summed E-state index contributed by atoms with van der Waals surface area (Å²) in [6, 6.07) is 4.88. The van der Waals surface area contributed by atoms with E-state index in [9.17, 15) is 18.0 Å². The molecule has 2 amide bonds. The smallest absolute Gasteiger partial charge is 0.243 e. The summed E-state index contributed by atoms with van der Waals surface area (Å²) in [4.78, 5) is 26.2. The Kier molecular flexibility index (Phi) is 6.09. The second-order valence-corrected chi connectivity index (χ2v) is 9.84. The molecule has 1 aromatic carbocycles. The molecule has 2 aliphatic rings. The van der Waals surface area contributed by atoms with Gasteiger partial charge < -0.3 is 10.2 Å². The number of nitrogens with zero attached hydrogens (tertiary/aromatic N) is 2. The van der Waals surface area contributed by atoms with Gasteiger partial charge in [0.25, 0.3) is 0 Å². The van der Waals surface area contributed by atoms with Crippen LogP contribution in [0.4, 0.5) is 5.69 Å². The number of carbonyl (C=O) groups excluding carboxylic acids is 2. The van der Waals surface area contributed by atoms with Gasteiger partial charge in [0, 0.05) is 30.7 Å². The molecule has 1 saturated heterocycles. The summed E-state index contributed by atoms with van der Waals surface area (Å²) < 4.78 is 27.8. The zero-order chi connectivity index (χ0) is 20.5. The van der Waals surface area contributed by atoms with Crippen LogP contribution in [-0.4, -0.2) is 49.7 Å². The highest BCUT2D eigenvalue weighted by molar-refractivity contribution is 7.89. The number of aryl methyl sites for hydroxylation is 1. The van der Waals surface area contributed by atoms with Crippen molar-refractivity contribution in [2.24, 2.45) is 0 Å². The molecular formula is C20H29N3O4S. The van der Waals surface area contributed by atoms with Crippen LogP contribution in [-0.2, 0) is 26.0 Å². The second-order valence-electron chi connectivity index (χ2n) is 7.95. The van der Waals surface area contributed by atoms with Crippen LogP contribution < -0.4 is 10.2 Å². The topological polar surface area (TPSA) is 86.8 Å². The van der Waals surface area contributed by atoms with E-state index in [1.54, 1.807) is 22.5 Å². The van der Waals surface area contributed by atoms with Gasteiger partial charge in [-0.2, -0.15) is 4.31 Å². The first-order valence-corrected chi connectivity index (χ1v) is 11.4. The van der Waals surface area contributed by atoms with Crippen molar-refractivity contribution in [1.82, 2.24) is 9.62 Å². The van der Waals surface area contributed by atoms with Gasteiger partial charge in [-0.05, 0) is 63.8 Å². The minimum Gasteiger partial charge on any atom is -0.352 e. The van der Waals surface area contributed by atoms with Crippen molar-refractivity contribution < 1.29 is 18.0 Å². The number of nitrogens with one attached hydrogen (secondary N) is 1. The van der Waals surface area contributed by atoms with Gasteiger partial charge in [0.1, 0.15) is 6.54 Å². The Balaban J connectivity index is 1.88. The Hall–Kier alpha value is -1.93. The third kappa shape index (κ3) is 4.22. The van der Waals surface area contributed by atoms with Crippen LogP contribution in [0.5, 0.6) is 0 Å². The van der Waals surface area contributed by atoms with Crippen LogP contribution in [0.3, 0.4) is 0 Å². The van der Waals surface area contributed by atoms with Crippen LogP contribution >= 0.6 is 0 Å². The summed E-state index contributed by atoms with van der Waals surface area (Å²) in [5.41, 5.74) is 1.42. The van der Waals surface area contributed by atoms with Crippen LogP contribution in [0.15, 0.2) is 23.1 Å². The van der Waals surface area contributed by atoms with Crippen molar-refractivity contribution in [1.29, 1.82) is 0 Å². The molecule has 0 saturated carbocycles. The summed E-state index contributed by atoms with van der Waals surface area (Å²) in [6.07, 6.45) is 3.55. The van der Waals surface area contributed by atoms with Crippen LogP contribution in [0, 0.1) is 0 Å². The number of anilines is 1. The minimum atomic E-state index is -3.56. The molecule has 0 radical (unpaired) electrons. The lowest BCUT2D eigenvalue weighted by atomic mass is 10.0. The monoisotopic (exact) mass is 407 g/mol. The van der Waals surface area contributed by atoms with Gasteiger partial charge in [0.2, 0.25) is 21.8 Å². The van der Waals surface area contributed by atoms with Crippen LogP contribution in [0.1, 0.15) is 52.0 Å². The summed E-state index contributed by atoms with van der Waals surface area (Å²) in [6.45, 7) is 6.16. The number of fused-ring (bicyclic) bond motifs is 1. The normalized spacial score (nSPS) is 20.9. The van der Waals surface area contributed by atoms with Crippen LogP contribution in [0.25, 0.3) is 0 Å². The molecule has 154 valence electrons. The van der Waals surface area contributed by atoms with Crippen molar-refractivity contribution in [2.45, 2.75) is 69.9 Å². The Bertz CT molecular complexity index is 866. The second kappa shape index (κ2) is 8.21. The number of sulfonamides is 1. The number of rotatable bonds is 5. The van der Waals surface area contributed by atoms with E-state index in [-0.39, 0.29) is 41.8 Å². The molecule has 0 aliphatic carbocycles. The van der Waals surface area contributed by atoms with Crippen molar-refractivity contribution in [3.05, 3.63) is 23.8 Å². The standard InChI is InChI=1S/C20H29N3O4S/c1-14(2)21-19(24)13-22-18-9-8-17(12-16(18)7-10-20(22)25)28(26,27)23-11-5-4-6-15(23)3/h8-9,12,14-15H,4-7,10-11,13H2,1-3H3,(H,21,24)/t15-/m1/s1. The molecule has 0 bridgehead atoms. The third-order valence-corrected chi connectivity index (χ3v) is 7.36. The number of carbonyl (C=O) groups is 2. The van der Waals surface area contributed by atoms with Crippen molar-refractivity contribution in [2.75, 3.05) is 18.0 Å². The van der Waals surface area contributed by atoms with Gasteiger partial charge in [0.05, 0.1) is 4.90 Å². The molecule has 1 fully saturated rings. The third-order valence-electron chi connectivity index (χ3n) is 5.35. The molecule has 8 heteroatoms. The SMILES string of the molecule is CC(C)NC(=O)CN1C(=O)CCc2cc(S(=O)(=O)N3CCCC[C@H]3C)ccc21. The molecule has 1 atom stereocenters. The number of piperidine rings is 1. The molecule has 1 aromatic rings.